The lowest BCUT2D eigenvalue weighted by Crippen LogP contribution is -2.77. The maximum Gasteiger partial charge on any atom is 0.189 e. The monoisotopic (exact) mass is 488 g/mol. The van der Waals surface area contributed by atoms with Crippen LogP contribution in [0.1, 0.15) is 6.92 Å². The standard InChI is InChI=1S/C18H32O15/c1-4-7(21)9(23)11(25)15(30-4)18(29)14(27)13(6(3-20)32-17(18)28)33-16-12(26)10(24)8(22)5(2-19)31-16/h4-17,19-29H,2-3H2,1H3/t4-,5+,6+,7+,8-,9+,10-,11-,12+,13+,14-,15?,16-,17+,18-/m0/s1. The Labute approximate surface area is 187 Å². The van der Waals surface area contributed by atoms with Crippen LogP contribution in [0.4, 0.5) is 0 Å². The number of ether oxygens (including phenoxy) is 4. The fourth-order valence-electron chi connectivity index (χ4n) is 4.35. The first kappa shape index (κ1) is 27.0. The van der Waals surface area contributed by atoms with Crippen LogP contribution in [0.5, 0.6) is 0 Å². The minimum absolute atomic E-state index is 0.777. The van der Waals surface area contributed by atoms with E-state index in [1.165, 1.54) is 6.92 Å². The van der Waals surface area contributed by atoms with Crippen molar-refractivity contribution in [3.63, 3.8) is 0 Å². The molecule has 0 saturated carbocycles. The molecule has 3 aliphatic rings. The third kappa shape index (κ3) is 4.53. The second-order valence-corrected chi connectivity index (χ2v) is 8.57. The molecule has 3 aliphatic heterocycles. The highest BCUT2D eigenvalue weighted by Gasteiger charge is 2.64. The van der Waals surface area contributed by atoms with Crippen LogP contribution in [-0.2, 0) is 18.9 Å². The SMILES string of the molecule is C[C@@H]1OC([C@]2(O)[C@H](O)O[C@H](CO)[C@@H](O[C@@H]3O[C@H](CO)[C@H](O)[C@H](O)[C@H]3O)[C@@H]2O)[C@@H](O)[C@H](O)[C@@H]1O. The third-order valence-electron chi connectivity index (χ3n) is 6.48. The Morgan fingerprint density at radius 2 is 1.27 bits per heavy atom. The Bertz CT molecular complexity index is 652. The van der Waals surface area contributed by atoms with Crippen molar-refractivity contribution in [2.24, 2.45) is 0 Å². The van der Waals surface area contributed by atoms with Crippen molar-refractivity contribution in [1.82, 2.24) is 0 Å². The van der Waals surface area contributed by atoms with E-state index in [0.29, 0.717) is 0 Å². The maximum atomic E-state index is 11.2. The van der Waals surface area contributed by atoms with E-state index in [1.54, 1.807) is 0 Å². The quantitative estimate of drug-likeness (QED) is 0.172. The Kier molecular flexibility index (Phi) is 8.32. The van der Waals surface area contributed by atoms with Crippen LogP contribution >= 0.6 is 0 Å². The van der Waals surface area contributed by atoms with Gasteiger partial charge in [0, 0.05) is 0 Å². The third-order valence-corrected chi connectivity index (χ3v) is 6.48. The zero-order valence-corrected chi connectivity index (χ0v) is 17.5. The topological polar surface area (TPSA) is 259 Å². The fraction of sp³-hybridized carbons (Fsp3) is 1.00. The van der Waals surface area contributed by atoms with E-state index < -0.39 is 105 Å². The zero-order chi connectivity index (χ0) is 24.8. The van der Waals surface area contributed by atoms with Crippen LogP contribution < -0.4 is 0 Å². The highest BCUT2D eigenvalue weighted by Crippen LogP contribution is 2.40. The second kappa shape index (κ2) is 10.2. The Morgan fingerprint density at radius 3 is 1.85 bits per heavy atom. The number of aliphatic hydroxyl groups excluding tert-OH is 10. The minimum atomic E-state index is -2.89. The molecular formula is C18H32O15. The summed E-state index contributed by atoms with van der Waals surface area (Å²) in [7, 11) is 0. The van der Waals surface area contributed by atoms with E-state index in [1.807, 2.05) is 0 Å². The molecule has 194 valence electrons. The van der Waals surface area contributed by atoms with Crippen LogP contribution in [-0.4, -0.2) is 161 Å². The summed E-state index contributed by atoms with van der Waals surface area (Å²) in [6, 6.07) is 0. The normalized spacial score (nSPS) is 56.0. The van der Waals surface area contributed by atoms with Gasteiger partial charge in [-0.2, -0.15) is 0 Å². The van der Waals surface area contributed by atoms with Gasteiger partial charge in [0.2, 0.25) is 0 Å². The summed E-state index contributed by atoms with van der Waals surface area (Å²) in [6.07, 6.45) is -24.9. The van der Waals surface area contributed by atoms with Crippen LogP contribution in [0.2, 0.25) is 0 Å². The average Bonchev–Trinajstić information content (AvgIpc) is 2.80. The predicted molar refractivity (Wildman–Crippen MR) is 99.9 cm³/mol. The van der Waals surface area contributed by atoms with Crippen LogP contribution in [0.25, 0.3) is 0 Å². The molecule has 0 aliphatic carbocycles. The van der Waals surface area contributed by atoms with Gasteiger partial charge in [-0.1, -0.05) is 0 Å². The molecule has 11 N–H and O–H groups in total. The molecule has 3 rings (SSSR count). The van der Waals surface area contributed by atoms with E-state index >= 15 is 0 Å². The van der Waals surface area contributed by atoms with Crippen LogP contribution in [0.15, 0.2) is 0 Å². The Morgan fingerprint density at radius 1 is 0.697 bits per heavy atom. The molecule has 15 nitrogen and oxygen atoms in total. The van der Waals surface area contributed by atoms with Crippen LogP contribution in [0, 0.1) is 0 Å². The molecule has 0 aromatic rings. The maximum absolute atomic E-state index is 11.2. The summed E-state index contributed by atoms with van der Waals surface area (Å²) in [5.74, 6) is 0. The van der Waals surface area contributed by atoms with Crippen molar-refractivity contribution in [3.8, 4) is 0 Å². The van der Waals surface area contributed by atoms with Crippen molar-refractivity contribution < 1.29 is 75.1 Å². The minimum Gasteiger partial charge on any atom is -0.394 e. The highest BCUT2D eigenvalue weighted by atomic mass is 16.7. The van der Waals surface area contributed by atoms with Gasteiger partial charge < -0.3 is 75.1 Å². The fourth-order valence-corrected chi connectivity index (χ4v) is 4.35. The van der Waals surface area contributed by atoms with Crippen molar-refractivity contribution in [3.05, 3.63) is 0 Å². The van der Waals surface area contributed by atoms with Crippen molar-refractivity contribution in [2.75, 3.05) is 13.2 Å². The molecular weight excluding hydrogens is 456 g/mol. The average molecular weight is 488 g/mol. The van der Waals surface area contributed by atoms with Gasteiger partial charge in [0.25, 0.3) is 0 Å². The molecule has 3 heterocycles. The van der Waals surface area contributed by atoms with E-state index in [2.05, 4.69) is 0 Å². The first-order chi connectivity index (χ1) is 15.4. The number of aliphatic hydroxyl groups is 11. The number of rotatable bonds is 5. The van der Waals surface area contributed by atoms with Gasteiger partial charge in [0.15, 0.2) is 18.2 Å². The second-order valence-electron chi connectivity index (χ2n) is 8.57. The smallest absolute Gasteiger partial charge is 0.189 e. The highest BCUT2D eigenvalue weighted by molar-refractivity contribution is 5.10. The largest absolute Gasteiger partial charge is 0.394 e. The van der Waals surface area contributed by atoms with Gasteiger partial charge in [-0.3, -0.25) is 0 Å². The molecule has 3 fully saturated rings. The van der Waals surface area contributed by atoms with Gasteiger partial charge in [-0.25, -0.2) is 0 Å². The summed E-state index contributed by atoms with van der Waals surface area (Å²) in [5.41, 5.74) is -2.89. The van der Waals surface area contributed by atoms with Crippen LogP contribution in [0.3, 0.4) is 0 Å². The molecule has 0 radical (unpaired) electrons. The van der Waals surface area contributed by atoms with Crippen molar-refractivity contribution in [2.45, 2.75) is 98.4 Å². The first-order valence-electron chi connectivity index (χ1n) is 10.4. The van der Waals surface area contributed by atoms with Gasteiger partial charge in [-0.15, -0.1) is 0 Å². The van der Waals surface area contributed by atoms with Gasteiger partial charge in [-0.05, 0) is 6.92 Å². The molecule has 1 unspecified atom stereocenters. The molecule has 15 heteroatoms. The number of hydrogen-bond acceptors (Lipinski definition) is 15. The van der Waals surface area contributed by atoms with Gasteiger partial charge in [0.1, 0.15) is 67.1 Å². The Balaban J connectivity index is 1.89. The Hall–Kier alpha value is -0.600. The molecule has 15 atom stereocenters. The van der Waals surface area contributed by atoms with E-state index in [0.717, 1.165) is 0 Å². The molecule has 0 aromatic heterocycles. The van der Waals surface area contributed by atoms with Gasteiger partial charge in [0.05, 0.1) is 19.3 Å². The molecule has 3 saturated heterocycles. The summed E-state index contributed by atoms with van der Waals surface area (Å²) in [5, 5.41) is 112. The lowest BCUT2D eigenvalue weighted by Gasteiger charge is -2.54. The molecule has 0 bridgehead atoms. The lowest BCUT2D eigenvalue weighted by atomic mass is 9.77. The molecule has 33 heavy (non-hydrogen) atoms. The van der Waals surface area contributed by atoms with E-state index in [-0.39, 0.29) is 0 Å². The number of hydrogen-bond donors (Lipinski definition) is 11. The first-order valence-corrected chi connectivity index (χ1v) is 10.4. The van der Waals surface area contributed by atoms with E-state index in [9.17, 15) is 56.2 Å². The summed E-state index contributed by atoms with van der Waals surface area (Å²) in [4.78, 5) is 0. The van der Waals surface area contributed by atoms with Crippen molar-refractivity contribution in [1.29, 1.82) is 0 Å². The zero-order valence-electron chi connectivity index (χ0n) is 17.5. The molecule has 0 spiro atoms. The summed E-state index contributed by atoms with van der Waals surface area (Å²) in [6.45, 7) is -0.351. The van der Waals surface area contributed by atoms with Gasteiger partial charge >= 0.3 is 0 Å². The summed E-state index contributed by atoms with van der Waals surface area (Å²) >= 11 is 0. The summed E-state index contributed by atoms with van der Waals surface area (Å²) < 4.78 is 21.1. The van der Waals surface area contributed by atoms with Crippen molar-refractivity contribution >= 4 is 0 Å². The van der Waals surface area contributed by atoms with E-state index in [4.69, 9.17) is 18.9 Å². The molecule has 0 amide bonds. The predicted octanol–water partition coefficient (Wildman–Crippen LogP) is -7.16. The molecule has 0 aromatic carbocycles. The lowest BCUT2D eigenvalue weighted by molar-refractivity contribution is -0.399.